The van der Waals surface area contributed by atoms with E-state index in [0.29, 0.717) is 11.5 Å². The molecule has 3 heterocycles. The lowest BCUT2D eigenvalue weighted by molar-refractivity contribution is -0.128. The van der Waals surface area contributed by atoms with Crippen molar-refractivity contribution < 1.29 is 14.3 Å². The Morgan fingerprint density at radius 1 is 1.14 bits per heavy atom. The SMILES string of the molecule is Cc1cccc(-n2nc3c(c2NC(=O)C2Oc4ccccc4OC2C)CSC3)c1. The third-order valence-corrected chi connectivity index (χ3v) is 6.11. The van der Waals surface area contributed by atoms with Gasteiger partial charge in [-0.05, 0) is 43.7 Å². The zero-order valence-corrected chi connectivity index (χ0v) is 17.0. The Hall–Kier alpha value is -2.93. The van der Waals surface area contributed by atoms with Gasteiger partial charge in [0.25, 0.3) is 5.91 Å². The number of benzene rings is 2. The predicted octanol–water partition coefficient (Wildman–Crippen LogP) is 4.09. The highest BCUT2D eigenvalue weighted by atomic mass is 32.2. The number of fused-ring (bicyclic) bond motifs is 2. The maximum Gasteiger partial charge on any atom is 0.270 e. The average Bonchev–Trinajstić information content (AvgIpc) is 3.30. The molecule has 2 atom stereocenters. The van der Waals surface area contributed by atoms with Gasteiger partial charge in [-0.2, -0.15) is 16.9 Å². The lowest BCUT2D eigenvalue weighted by Crippen LogP contribution is -2.46. The predicted molar refractivity (Wildman–Crippen MR) is 113 cm³/mol. The monoisotopic (exact) mass is 407 g/mol. The van der Waals surface area contributed by atoms with Crippen LogP contribution in [-0.4, -0.2) is 27.9 Å². The highest BCUT2D eigenvalue weighted by Crippen LogP contribution is 2.37. The Morgan fingerprint density at radius 3 is 2.72 bits per heavy atom. The molecule has 2 aromatic carbocycles. The molecule has 0 saturated heterocycles. The van der Waals surface area contributed by atoms with E-state index in [9.17, 15) is 4.79 Å². The van der Waals surface area contributed by atoms with Gasteiger partial charge in [0.05, 0.1) is 11.4 Å². The molecule has 1 aromatic heterocycles. The summed E-state index contributed by atoms with van der Waals surface area (Å²) in [7, 11) is 0. The van der Waals surface area contributed by atoms with Gasteiger partial charge in [-0.25, -0.2) is 4.68 Å². The van der Waals surface area contributed by atoms with E-state index in [1.54, 1.807) is 11.8 Å². The summed E-state index contributed by atoms with van der Waals surface area (Å²) in [6.07, 6.45) is -1.14. The number of para-hydroxylation sites is 2. The number of hydrogen-bond donors (Lipinski definition) is 1. The molecule has 1 amide bonds. The van der Waals surface area contributed by atoms with Gasteiger partial charge < -0.3 is 14.8 Å². The second kappa shape index (κ2) is 7.15. The van der Waals surface area contributed by atoms with E-state index in [4.69, 9.17) is 14.6 Å². The standard InChI is InChI=1S/C22H21N3O3S/c1-13-6-5-7-15(10-13)25-21(16-11-29-12-17(16)24-25)23-22(26)20-14(2)27-18-8-3-4-9-19(18)28-20/h3-10,14,20H,11-12H2,1-2H3,(H,23,26). The van der Waals surface area contributed by atoms with Crippen molar-refractivity contribution in [3.63, 3.8) is 0 Å². The molecule has 6 nitrogen and oxygen atoms in total. The van der Waals surface area contributed by atoms with Crippen LogP contribution in [0, 0.1) is 6.92 Å². The molecular formula is C22H21N3O3S. The van der Waals surface area contributed by atoms with Gasteiger partial charge in [0.2, 0.25) is 6.10 Å². The molecule has 0 fully saturated rings. The van der Waals surface area contributed by atoms with E-state index < -0.39 is 12.2 Å². The molecule has 0 spiro atoms. The summed E-state index contributed by atoms with van der Waals surface area (Å²) in [5.41, 5.74) is 4.17. The quantitative estimate of drug-likeness (QED) is 0.708. The van der Waals surface area contributed by atoms with E-state index in [2.05, 4.69) is 11.4 Å². The number of aromatic nitrogens is 2. The van der Waals surface area contributed by atoms with E-state index >= 15 is 0 Å². The van der Waals surface area contributed by atoms with Crippen molar-refractivity contribution in [3.05, 3.63) is 65.4 Å². The molecule has 2 unspecified atom stereocenters. The third-order valence-electron chi connectivity index (χ3n) is 5.14. The minimum atomic E-state index is -0.740. The molecule has 1 N–H and O–H groups in total. The summed E-state index contributed by atoms with van der Waals surface area (Å²) in [4.78, 5) is 13.2. The van der Waals surface area contributed by atoms with Crippen LogP contribution in [0.5, 0.6) is 11.5 Å². The number of amides is 1. The van der Waals surface area contributed by atoms with E-state index in [-0.39, 0.29) is 5.91 Å². The van der Waals surface area contributed by atoms with Crippen LogP contribution in [0.3, 0.4) is 0 Å². The van der Waals surface area contributed by atoms with E-state index in [1.807, 2.05) is 61.0 Å². The highest BCUT2D eigenvalue weighted by molar-refractivity contribution is 7.98. The fourth-order valence-electron chi connectivity index (χ4n) is 3.68. The third kappa shape index (κ3) is 3.25. The van der Waals surface area contributed by atoms with Crippen molar-refractivity contribution in [2.75, 3.05) is 5.32 Å². The van der Waals surface area contributed by atoms with Crippen LogP contribution in [0.4, 0.5) is 5.82 Å². The molecule has 148 valence electrons. The Kier molecular flexibility index (Phi) is 4.47. The fraction of sp³-hybridized carbons (Fsp3) is 0.273. The first-order valence-corrected chi connectivity index (χ1v) is 10.7. The number of anilines is 1. The number of carbonyl (C=O) groups excluding carboxylic acids is 1. The number of carbonyl (C=O) groups is 1. The topological polar surface area (TPSA) is 65.4 Å². The van der Waals surface area contributed by atoms with Crippen molar-refractivity contribution in [2.45, 2.75) is 37.6 Å². The molecule has 2 aliphatic rings. The second-order valence-electron chi connectivity index (χ2n) is 7.31. The van der Waals surface area contributed by atoms with Crippen LogP contribution in [0.2, 0.25) is 0 Å². The molecule has 29 heavy (non-hydrogen) atoms. The summed E-state index contributed by atoms with van der Waals surface area (Å²) in [5, 5.41) is 7.85. The van der Waals surface area contributed by atoms with Crippen molar-refractivity contribution in [1.29, 1.82) is 0 Å². The summed E-state index contributed by atoms with van der Waals surface area (Å²) in [6, 6.07) is 15.5. The largest absolute Gasteiger partial charge is 0.482 e. The van der Waals surface area contributed by atoms with Crippen molar-refractivity contribution in [3.8, 4) is 17.2 Å². The summed E-state index contributed by atoms with van der Waals surface area (Å²) in [6.45, 7) is 3.89. The summed E-state index contributed by atoms with van der Waals surface area (Å²) < 4.78 is 13.7. The number of hydrogen-bond acceptors (Lipinski definition) is 5. The molecule has 0 aliphatic carbocycles. The smallest absolute Gasteiger partial charge is 0.270 e. The van der Waals surface area contributed by atoms with Gasteiger partial charge >= 0.3 is 0 Å². The van der Waals surface area contributed by atoms with Gasteiger partial charge in [-0.1, -0.05) is 24.3 Å². The minimum Gasteiger partial charge on any atom is -0.482 e. The first kappa shape index (κ1) is 18.1. The van der Waals surface area contributed by atoms with Crippen LogP contribution in [-0.2, 0) is 16.3 Å². The molecule has 7 heteroatoms. The maximum absolute atomic E-state index is 13.2. The number of nitrogens with zero attached hydrogens (tertiary/aromatic N) is 2. The lowest BCUT2D eigenvalue weighted by atomic mass is 10.1. The fourth-order valence-corrected chi connectivity index (χ4v) is 4.72. The van der Waals surface area contributed by atoms with Gasteiger partial charge in [0.1, 0.15) is 11.9 Å². The minimum absolute atomic E-state index is 0.236. The second-order valence-corrected chi connectivity index (χ2v) is 8.30. The Bertz CT molecular complexity index is 1090. The molecule has 0 saturated carbocycles. The van der Waals surface area contributed by atoms with Crippen molar-refractivity contribution in [1.82, 2.24) is 9.78 Å². The Labute approximate surface area is 173 Å². The first-order chi connectivity index (χ1) is 14.1. The zero-order valence-electron chi connectivity index (χ0n) is 16.2. The van der Waals surface area contributed by atoms with Gasteiger partial charge in [-0.3, -0.25) is 4.79 Å². The Morgan fingerprint density at radius 2 is 1.93 bits per heavy atom. The number of ether oxygens (including phenoxy) is 2. The average molecular weight is 407 g/mol. The number of aryl methyl sites for hydroxylation is 1. The normalized spacial score (nSPS) is 19.7. The van der Waals surface area contributed by atoms with Crippen LogP contribution >= 0.6 is 11.8 Å². The first-order valence-electron chi connectivity index (χ1n) is 9.59. The number of thioether (sulfide) groups is 1. The van der Waals surface area contributed by atoms with Crippen molar-refractivity contribution >= 4 is 23.5 Å². The molecule has 2 aliphatic heterocycles. The van der Waals surface area contributed by atoms with Gasteiger partial charge in [0, 0.05) is 17.1 Å². The molecule has 0 radical (unpaired) electrons. The molecule has 3 aromatic rings. The van der Waals surface area contributed by atoms with Crippen LogP contribution in [0.1, 0.15) is 23.7 Å². The maximum atomic E-state index is 13.2. The number of rotatable bonds is 3. The number of nitrogens with one attached hydrogen (secondary N) is 1. The lowest BCUT2D eigenvalue weighted by Gasteiger charge is -2.31. The summed E-state index contributed by atoms with van der Waals surface area (Å²) in [5.74, 6) is 3.40. The zero-order chi connectivity index (χ0) is 20.0. The molecule has 5 rings (SSSR count). The van der Waals surface area contributed by atoms with Crippen LogP contribution in [0.15, 0.2) is 48.5 Å². The van der Waals surface area contributed by atoms with Gasteiger partial charge in [-0.15, -0.1) is 0 Å². The highest BCUT2D eigenvalue weighted by Gasteiger charge is 2.35. The Balaban J connectivity index is 1.47. The van der Waals surface area contributed by atoms with Crippen LogP contribution < -0.4 is 14.8 Å². The molecule has 0 bridgehead atoms. The van der Waals surface area contributed by atoms with Crippen LogP contribution in [0.25, 0.3) is 5.69 Å². The van der Waals surface area contributed by atoms with Crippen molar-refractivity contribution in [2.24, 2.45) is 0 Å². The van der Waals surface area contributed by atoms with Gasteiger partial charge in [0.15, 0.2) is 11.5 Å². The molecular weight excluding hydrogens is 386 g/mol. The van der Waals surface area contributed by atoms with E-state index in [1.165, 1.54) is 0 Å². The summed E-state index contributed by atoms with van der Waals surface area (Å²) >= 11 is 1.80. The van der Waals surface area contributed by atoms with E-state index in [0.717, 1.165) is 39.8 Å².